The van der Waals surface area contributed by atoms with Crippen LogP contribution in [0.2, 0.25) is 0 Å². The summed E-state index contributed by atoms with van der Waals surface area (Å²) in [6.07, 6.45) is 4.58. The van der Waals surface area contributed by atoms with Gasteiger partial charge in [0.2, 0.25) is 0 Å². The SMILES string of the molecule is CC(=O)OC1CC(NC(=O)c2ccccc2)CC2(c3cccc(O)c3)CCN(CC3CC3)CC12. The van der Waals surface area contributed by atoms with E-state index >= 15 is 0 Å². The quantitative estimate of drug-likeness (QED) is 0.637. The Balaban J connectivity index is 1.47. The fourth-order valence-corrected chi connectivity index (χ4v) is 6.22. The van der Waals surface area contributed by atoms with Gasteiger partial charge in [0.05, 0.1) is 0 Å². The Kier molecular flexibility index (Phi) is 6.34. The Morgan fingerprint density at radius 3 is 2.65 bits per heavy atom. The second kappa shape index (κ2) is 9.41. The summed E-state index contributed by atoms with van der Waals surface area (Å²) >= 11 is 0. The highest BCUT2D eigenvalue weighted by molar-refractivity contribution is 5.94. The van der Waals surface area contributed by atoms with Crippen LogP contribution in [-0.4, -0.2) is 53.7 Å². The third kappa shape index (κ3) is 4.83. The van der Waals surface area contributed by atoms with Crippen molar-refractivity contribution in [2.45, 2.75) is 56.6 Å². The van der Waals surface area contributed by atoms with Crippen molar-refractivity contribution in [2.24, 2.45) is 11.8 Å². The first-order valence-electron chi connectivity index (χ1n) is 12.5. The predicted molar refractivity (Wildman–Crippen MR) is 130 cm³/mol. The lowest BCUT2D eigenvalue weighted by atomic mass is 9.57. The van der Waals surface area contributed by atoms with Crippen molar-refractivity contribution < 1.29 is 19.4 Å². The van der Waals surface area contributed by atoms with Crippen LogP contribution in [0.3, 0.4) is 0 Å². The van der Waals surface area contributed by atoms with Crippen molar-refractivity contribution in [2.75, 3.05) is 19.6 Å². The molecule has 2 aromatic carbocycles. The largest absolute Gasteiger partial charge is 0.508 e. The molecule has 4 unspecified atom stereocenters. The fourth-order valence-electron chi connectivity index (χ4n) is 6.22. The Hall–Kier alpha value is -2.86. The van der Waals surface area contributed by atoms with Gasteiger partial charge in [-0.05, 0) is 68.0 Å². The van der Waals surface area contributed by atoms with Gasteiger partial charge in [-0.25, -0.2) is 0 Å². The lowest BCUT2D eigenvalue weighted by molar-refractivity contribution is -0.157. The summed E-state index contributed by atoms with van der Waals surface area (Å²) in [6, 6.07) is 16.6. The van der Waals surface area contributed by atoms with Crippen LogP contribution in [0.4, 0.5) is 0 Å². The van der Waals surface area contributed by atoms with Crippen molar-refractivity contribution in [1.82, 2.24) is 10.2 Å². The highest BCUT2D eigenvalue weighted by Crippen LogP contribution is 2.51. The van der Waals surface area contributed by atoms with E-state index in [9.17, 15) is 14.7 Å². The van der Waals surface area contributed by atoms with E-state index in [-0.39, 0.29) is 41.1 Å². The standard InChI is InChI=1S/C28H34N2O4/c1-19(31)34-26-15-23(29-27(33)21-6-3-2-4-7-21)16-28(22-8-5-9-24(32)14-22)12-13-30(18-25(26)28)17-20-10-11-20/h2-9,14,20,23,25-26,32H,10-13,15-18H2,1H3,(H,29,33). The lowest BCUT2D eigenvalue weighted by Gasteiger charge is -2.55. The molecule has 0 bridgehead atoms. The van der Waals surface area contributed by atoms with Crippen LogP contribution < -0.4 is 5.32 Å². The van der Waals surface area contributed by atoms with Gasteiger partial charge >= 0.3 is 5.97 Å². The number of amides is 1. The number of nitrogens with one attached hydrogen (secondary N) is 1. The van der Waals surface area contributed by atoms with Crippen LogP contribution >= 0.6 is 0 Å². The van der Waals surface area contributed by atoms with E-state index in [0.717, 1.165) is 44.0 Å². The summed E-state index contributed by atoms with van der Waals surface area (Å²) in [5, 5.41) is 13.5. The van der Waals surface area contributed by atoms with Crippen LogP contribution in [0.5, 0.6) is 5.75 Å². The van der Waals surface area contributed by atoms with Crippen LogP contribution in [0.15, 0.2) is 54.6 Å². The van der Waals surface area contributed by atoms with Gasteiger partial charge in [-0.1, -0.05) is 30.3 Å². The van der Waals surface area contributed by atoms with Crippen molar-refractivity contribution in [3.8, 4) is 5.75 Å². The fraction of sp³-hybridized carbons (Fsp3) is 0.500. The first-order valence-corrected chi connectivity index (χ1v) is 12.5. The summed E-state index contributed by atoms with van der Waals surface area (Å²) in [7, 11) is 0. The predicted octanol–water partition coefficient (Wildman–Crippen LogP) is 3.89. The first kappa shape index (κ1) is 22.9. The normalized spacial score (nSPS) is 29.1. The van der Waals surface area contributed by atoms with E-state index in [4.69, 9.17) is 4.74 Å². The highest BCUT2D eigenvalue weighted by atomic mass is 16.5. The van der Waals surface area contributed by atoms with Gasteiger partial charge < -0.3 is 20.1 Å². The van der Waals surface area contributed by atoms with Gasteiger partial charge in [0.25, 0.3) is 5.91 Å². The number of hydrogen-bond donors (Lipinski definition) is 2. The molecule has 0 aromatic heterocycles. The minimum absolute atomic E-state index is 0.107. The van der Waals surface area contributed by atoms with Crippen LogP contribution in [0.25, 0.3) is 0 Å². The molecule has 0 spiro atoms. The van der Waals surface area contributed by atoms with Crippen LogP contribution in [0.1, 0.15) is 54.9 Å². The molecule has 1 saturated heterocycles. The molecular weight excluding hydrogens is 428 g/mol. The van der Waals surface area contributed by atoms with Gasteiger partial charge in [-0.2, -0.15) is 0 Å². The van der Waals surface area contributed by atoms with Crippen LogP contribution in [0, 0.1) is 11.8 Å². The molecule has 0 radical (unpaired) electrons. The molecule has 1 heterocycles. The number of likely N-dealkylation sites (tertiary alicyclic amines) is 1. The highest BCUT2D eigenvalue weighted by Gasteiger charge is 2.54. The van der Waals surface area contributed by atoms with Gasteiger partial charge in [0, 0.05) is 49.4 Å². The smallest absolute Gasteiger partial charge is 0.302 e. The van der Waals surface area contributed by atoms with E-state index in [0.29, 0.717) is 12.0 Å². The molecule has 2 saturated carbocycles. The number of nitrogens with zero attached hydrogens (tertiary/aromatic N) is 1. The average Bonchev–Trinajstić information content (AvgIpc) is 3.64. The number of piperidine rings is 1. The molecule has 6 nitrogen and oxygen atoms in total. The maximum atomic E-state index is 13.0. The molecule has 1 amide bonds. The Labute approximate surface area is 201 Å². The maximum Gasteiger partial charge on any atom is 0.302 e. The number of fused-ring (bicyclic) bond motifs is 1. The first-order chi connectivity index (χ1) is 16.4. The number of aromatic hydroxyl groups is 1. The zero-order chi connectivity index (χ0) is 23.7. The zero-order valence-corrected chi connectivity index (χ0v) is 19.8. The number of benzene rings is 2. The topological polar surface area (TPSA) is 78.9 Å². The lowest BCUT2D eigenvalue weighted by Crippen LogP contribution is -2.61. The summed E-state index contributed by atoms with van der Waals surface area (Å²) < 4.78 is 5.94. The maximum absolute atomic E-state index is 13.0. The molecule has 5 rings (SSSR count). The molecule has 2 aromatic rings. The van der Waals surface area contributed by atoms with E-state index in [2.05, 4.69) is 16.3 Å². The molecule has 1 aliphatic heterocycles. The molecule has 4 atom stereocenters. The van der Waals surface area contributed by atoms with Crippen molar-refractivity contribution in [1.29, 1.82) is 0 Å². The summed E-state index contributed by atoms with van der Waals surface area (Å²) in [6.45, 7) is 4.40. The van der Waals surface area contributed by atoms with Crippen molar-refractivity contribution in [3.05, 3.63) is 65.7 Å². The molecule has 6 heteroatoms. The molecular formula is C28H34N2O4. The Bertz CT molecular complexity index is 1040. The number of ether oxygens (including phenoxy) is 1. The summed E-state index contributed by atoms with van der Waals surface area (Å²) in [5.41, 5.74) is 1.41. The van der Waals surface area contributed by atoms with Crippen LogP contribution in [-0.2, 0) is 14.9 Å². The zero-order valence-electron chi connectivity index (χ0n) is 19.8. The summed E-state index contributed by atoms with van der Waals surface area (Å²) in [4.78, 5) is 27.7. The van der Waals surface area contributed by atoms with Crippen molar-refractivity contribution >= 4 is 11.9 Å². The van der Waals surface area contributed by atoms with Gasteiger partial charge in [-0.3, -0.25) is 9.59 Å². The number of phenolic OH excluding ortho intramolecular Hbond substituents is 1. The second-order valence-corrected chi connectivity index (χ2v) is 10.4. The van der Waals surface area contributed by atoms with E-state index in [1.165, 1.54) is 19.8 Å². The molecule has 3 fully saturated rings. The Morgan fingerprint density at radius 2 is 1.94 bits per heavy atom. The number of phenols is 1. The monoisotopic (exact) mass is 462 g/mol. The summed E-state index contributed by atoms with van der Waals surface area (Å²) in [5.74, 6) is 0.745. The third-order valence-corrected chi connectivity index (χ3v) is 7.94. The number of carbonyl (C=O) groups is 2. The van der Waals surface area contributed by atoms with E-state index in [1.54, 1.807) is 6.07 Å². The minimum atomic E-state index is -0.295. The van der Waals surface area contributed by atoms with Gasteiger partial charge in [0.15, 0.2) is 0 Å². The number of carbonyl (C=O) groups excluding carboxylic acids is 2. The third-order valence-electron chi connectivity index (χ3n) is 7.94. The van der Waals surface area contributed by atoms with Crippen molar-refractivity contribution in [3.63, 3.8) is 0 Å². The van der Waals surface area contributed by atoms with Gasteiger partial charge in [-0.15, -0.1) is 0 Å². The Morgan fingerprint density at radius 1 is 1.15 bits per heavy atom. The number of esters is 1. The molecule has 180 valence electrons. The average molecular weight is 463 g/mol. The number of rotatable bonds is 6. The molecule has 3 aliphatic rings. The molecule has 34 heavy (non-hydrogen) atoms. The number of hydrogen-bond acceptors (Lipinski definition) is 5. The second-order valence-electron chi connectivity index (χ2n) is 10.4. The van der Waals surface area contributed by atoms with E-state index in [1.807, 2.05) is 42.5 Å². The van der Waals surface area contributed by atoms with Gasteiger partial charge in [0.1, 0.15) is 11.9 Å². The molecule has 2 aliphatic carbocycles. The van der Waals surface area contributed by atoms with E-state index < -0.39 is 0 Å². The minimum Gasteiger partial charge on any atom is -0.508 e. The molecule has 2 N–H and O–H groups in total.